The average molecular weight is 547 g/mol. The summed E-state index contributed by atoms with van der Waals surface area (Å²) in [6.45, 7) is 1.53. The van der Waals surface area contributed by atoms with Crippen molar-refractivity contribution in [1.29, 1.82) is 0 Å². The first-order chi connectivity index (χ1) is 18.3. The molecule has 5 rings (SSSR count). The van der Waals surface area contributed by atoms with E-state index in [1.807, 2.05) is 0 Å². The van der Waals surface area contributed by atoms with E-state index >= 15 is 0 Å². The molecule has 0 radical (unpaired) electrons. The van der Waals surface area contributed by atoms with Crippen LogP contribution in [0.25, 0.3) is 10.9 Å². The van der Waals surface area contributed by atoms with Crippen LogP contribution in [0.5, 0.6) is 0 Å². The Labute approximate surface area is 220 Å². The highest BCUT2D eigenvalue weighted by Crippen LogP contribution is 2.35. The monoisotopic (exact) mass is 546 g/mol. The summed E-state index contributed by atoms with van der Waals surface area (Å²) in [6.07, 6.45) is 5.58. The van der Waals surface area contributed by atoms with Gasteiger partial charge in [-0.3, -0.25) is 4.79 Å². The van der Waals surface area contributed by atoms with Crippen LogP contribution in [0.1, 0.15) is 40.9 Å². The maximum absolute atomic E-state index is 13.7. The summed E-state index contributed by atoms with van der Waals surface area (Å²) in [7, 11) is -0.930. The molecule has 2 aliphatic rings. The molecule has 10 nitrogen and oxygen atoms in total. The number of benzene rings is 1. The summed E-state index contributed by atoms with van der Waals surface area (Å²) in [4.78, 5) is 23.7. The molecule has 0 bridgehead atoms. The number of ether oxygens (including phenoxy) is 2. The minimum atomic E-state index is -3.93. The summed E-state index contributed by atoms with van der Waals surface area (Å²) in [6, 6.07) is 6.02. The van der Waals surface area contributed by atoms with E-state index < -0.39 is 22.2 Å². The molecule has 2 aliphatic heterocycles. The van der Waals surface area contributed by atoms with Gasteiger partial charge in [-0.1, -0.05) is 12.1 Å². The maximum Gasteiger partial charge on any atom is 0.296 e. The van der Waals surface area contributed by atoms with Gasteiger partial charge in [0.1, 0.15) is 16.4 Å². The fraction of sp³-hybridized carbons (Fsp3) is 0.462. The maximum atomic E-state index is 13.7. The molecule has 0 saturated carbocycles. The SMILES string of the molecule is COCCN(C)S(=O)(=O)c1cn(Cc2ccc(F)cc2)c2cnc3c(c12)CCN(OC1CCCCO1)C3=O. The number of amides is 1. The highest BCUT2D eigenvalue weighted by Gasteiger charge is 2.35. The molecule has 38 heavy (non-hydrogen) atoms. The van der Waals surface area contributed by atoms with Crippen molar-refractivity contribution in [2.45, 2.75) is 43.4 Å². The molecule has 204 valence electrons. The lowest BCUT2D eigenvalue weighted by Crippen LogP contribution is -2.42. The molecule has 3 aromatic rings. The molecule has 2 aromatic heterocycles. The first-order valence-corrected chi connectivity index (χ1v) is 14.0. The number of hydrogen-bond acceptors (Lipinski definition) is 7. The number of methoxy groups -OCH3 is 1. The highest BCUT2D eigenvalue weighted by molar-refractivity contribution is 7.89. The zero-order valence-corrected chi connectivity index (χ0v) is 22.2. The van der Waals surface area contributed by atoms with Crippen molar-refractivity contribution >= 4 is 26.8 Å². The van der Waals surface area contributed by atoms with Gasteiger partial charge in [0.05, 0.1) is 24.9 Å². The third-order valence-corrected chi connectivity index (χ3v) is 8.80. The van der Waals surface area contributed by atoms with E-state index in [4.69, 9.17) is 14.3 Å². The molecule has 1 atom stereocenters. The van der Waals surface area contributed by atoms with E-state index in [1.54, 1.807) is 22.9 Å². The lowest BCUT2D eigenvalue weighted by Gasteiger charge is -2.32. The molecule has 4 heterocycles. The number of aromatic nitrogens is 2. The Hall–Kier alpha value is -2.90. The van der Waals surface area contributed by atoms with Crippen LogP contribution < -0.4 is 0 Å². The van der Waals surface area contributed by atoms with Crippen molar-refractivity contribution in [3.8, 4) is 0 Å². The molecule has 1 aromatic carbocycles. The van der Waals surface area contributed by atoms with Gasteiger partial charge in [0.2, 0.25) is 10.0 Å². The van der Waals surface area contributed by atoms with Gasteiger partial charge in [0.25, 0.3) is 5.91 Å². The van der Waals surface area contributed by atoms with E-state index in [0.29, 0.717) is 42.5 Å². The van der Waals surface area contributed by atoms with E-state index in [2.05, 4.69) is 4.98 Å². The number of sulfonamides is 1. The molecule has 1 unspecified atom stereocenters. The van der Waals surface area contributed by atoms with Gasteiger partial charge in [0, 0.05) is 51.9 Å². The minimum absolute atomic E-state index is 0.0876. The van der Waals surface area contributed by atoms with Crippen LogP contribution >= 0.6 is 0 Å². The van der Waals surface area contributed by atoms with E-state index in [-0.39, 0.29) is 36.1 Å². The largest absolute Gasteiger partial charge is 0.383 e. The number of pyridine rings is 1. The smallest absolute Gasteiger partial charge is 0.296 e. The summed E-state index contributed by atoms with van der Waals surface area (Å²) >= 11 is 0. The fourth-order valence-corrected chi connectivity index (χ4v) is 6.22. The number of likely N-dealkylation sites (N-methyl/N-ethyl adjacent to an activating group) is 1. The van der Waals surface area contributed by atoms with Gasteiger partial charge < -0.3 is 14.0 Å². The van der Waals surface area contributed by atoms with Crippen LogP contribution in [0.4, 0.5) is 4.39 Å². The molecular formula is C26H31FN4O6S. The highest BCUT2D eigenvalue weighted by atomic mass is 32.2. The molecule has 1 saturated heterocycles. The topological polar surface area (TPSA) is 103 Å². The Morgan fingerprint density at radius 1 is 1.24 bits per heavy atom. The quantitative estimate of drug-likeness (QED) is 0.407. The predicted octanol–water partition coefficient (Wildman–Crippen LogP) is 2.95. The van der Waals surface area contributed by atoms with Crippen molar-refractivity contribution in [3.63, 3.8) is 0 Å². The van der Waals surface area contributed by atoms with Crippen molar-refractivity contribution in [3.05, 3.63) is 59.3 Å². The lowest BCUT2D eigenvalue weighted by molar-refractivity contribution is -0.267. The zero-order chi connectivity index (χ0) is 26.9. The van der Waals surface area contributed by atoms with Crippen molar-refractivity contribution in [1.82, 2.24) is 18.9 Å². The third-order valence-electron chi connectivity index (χ3n) is 6.93. The lowest BCUT2D eigenvalue weighted by atomic mass is 10.0. The Morgan fingerprint density at radius 3 is 2.74 bits per heavy atom. The van der Waals surface area contributed by atoms with Gasteiger partial charge in [-0.25, -0.2) is 27.7 Å². The van der Waals surface area contributed by atoms with Crippen molar-refractivity contribution < 1.29 is 31.9 Å². The number of hydroxylamine groups is 2. The number of hydrogen-bond donors (Lipinski definition) is 0. The number of rotatable bonds is 9. The van der Waals surface area contributed by atoms with Crippen LogP contribution in [0.3, 0.4) is 0 Å². The number of carbonyl (C=O) groups excluding carboxylic acids is 1. The van der Waals surface area contributed by atoms with Crippen LogP contribution in [0, 0.1) is 5.82 Å². The zero-order valence-electron chi connectivity index (χ0n) is 21.4. The molecule has 1 fully saturated rings. The summed E-state index contributed by atoms with van der Waals surface area (Å²) < 4.78 is 54.6. The van der Waals surface area contributed by atoms with E-state index in [0.717, 1.165) is 18.4 Å². The number of fused-ring (bicyclic) bond motifs is 3. The standard InChI is InChI=1S/C26H31FN4O6S/c1-29(12-14-35-2)38(33,34)22-17-30(16-18-6-8-19(27)9-7-18)21-15-28-25-20(24(21)22)10-11-31(26(25)32)37-23-5-3-4-13-36-23/h6-9,15,17,23H,3-5,10-14,16H2,1-2H3. The van der Waals surface area contributed by atoms with Gasteiger partial charge >= 0.3 is 0 Å². The molecule has 0 spiro atoms. The van der Waals surface area contributed by atoms with Crippen LogP contribution in [0.15, 0.2) is 41.6 Å². The van der Waals surface area contributed by atoms with Crippen molar-refractivity contribution in [2.24, 2.45) is 0 Å². The van der Waals surface area contributed by atoms with Gasteiger partial charge in [-0.2, -0.15) is 4.31 Å². The average Bonchev–Trinajstić information content (AvgIpc) is 3.30. The summed E-state index contributed by atoms with van der Waals surface area (Å²) in [5.41, 5.74) is 2.09. The first-order valence-electron chi connectivity index (χ1n) is 12.6. The third kappa shape index (κ3) is 5.19. The van der Waals surface area contributed by atoms with Gasteiger partial charge in [-0.15, -0.1) is 0 Å². The molecule has 12 heteroatoms. The van der Waals surface area contributed by atoms with Crippen molar-refractivity contribution in [2.75, 3.05) is 40.5 Å². The Balaban J connectivity index is 1.57. The number of nitrogens with zero attached hydrogens (tertiary/aromatic N) is 4. The number of carbonyl (C=O) groups is 1. The fourth-order valence-electron chi connectivity index (χ4n) is 4.83. The predicted molar refractivity (Wildman–Crippen MR) is 136 cm³/mol. The normalized spacial score (nSPS) is 18.4. The molecule has 0 aliphatic carbocycles. The molecular weight excluding hydrogens is 515 g/mol. The van der Waals surface area contributed by atoms with Gasteiger partial charge in [-0.05, 0) is 42.5 Å². The molecule has 1 amide bonds. The summed E-state index contributed by atoms with van der Waals surface area (Å²) in [5, 5.41) is 1.73. The summed E-state index contributed by atoms with van der Waals surface area (Å²) in [5.74, 6) is -0.779. The van der Waals surface area contributed by atoms with Crippen LogP contribution in [-0.2, 0) is 37.3 Å². The number of halogens is 1. The van der Waals surface area contributed by atoms with Crippen LogP contribution in [0.2, 0.25) is 0 Å². The van der Waals surface area contributed by atoms with E-state index in [9.17, 15) is 17.6 Å². The van der Waals surface area contributed by atoms with E-state index in [1.165, 1.54) is 41.9 Å². The minimum Gasteiger partial charge on any atom is -0.383 e. The van der Waals surface area contributed by atoms with Gasteiger partial charge in [0.15, 0.2) is 6.29 Å². The Morgan fingerprint density at radius 2 is 2.03 bits per heavy atom. The molecule has 0 N–H and O–H groups in total. The second-order valence-corrected chi connectivity index (χ2v) is 11.5. The van der Waals surface area contributed by atoms with Crippen LogP contribution in [-0.4, -0.2) is 80.0 Å². The Kier molecular flexibility index (Phi) is 7.78. The first kappa shape index (κ1) is 26.7. The second kappa shape index (κ2) is 11.1. The Bertz CT molecular complexity index is 1420. The second-order valence-electron chi connectivity index (χ2n) is 9.47.